The smallest absolute Gasteiger partial charge is 0.243 e. The topological polar surface area (TPSA) is 68.4 Å². The highest BCUT2D eigenvalue weighted by molar-refractivity contribution is 6.35. The lowest BCUT2D eigenvalue weighted by molar-refractivity contribution is -0.135. The Morgan fingerprint density at radius 2 is 1.76 bits per heavy atom. The molecule has 29 heavy (non-hydrogen) atoms. The number of halogens is 5. The van der Waals surface area contributed by atoms with E-state index in [-0.39, 0.29) is 17.0 Å². The van der Waals surface area contributed by atoms with Crippen LogP contribution in [0.1, 0.15) is 11.1 Å². The first-order valence-corrected chi connectivity index (χ1v) is 8.96. The number of benzene rings is 2. The minimum Gasteiger partial charge on any atom is -0.361 e. The van der Waals surface area contributed by atoms with Crippen LogP contribution in [0.25, 0.3) is 10.9 Å². The largest absolute Gasteiger partial charge is 0.361 e. The van der Waals surface area contributed by atoms with Crippen molar-refractivity contribution in [2.75, 3.05) is 0 Å². The highest BCUT2D eigenvalue weighted by Crippen LogP contribution is 2.29. The van der Waals surface area contributed by atoms with Crippen LogP contribution in [0, 0.1) is 23.3 Å². The van der Waals surface area contributed by atoms with Crippen LogP contribution in [0.3, 0.4) is 0 Å². The number of aliphatic hydroxyl groups excluding tert-OH is 1. The Morgan fingerprint density at radius 1 is 1.03 bits per heavy atom. The molecule has 10 heteroatoms. The maximum absolute atomic E-state index is 13.9. The molecule has 1 amide bonds. The molecule has 1 aliphatic heterocycles. The summed E-state index contributed by atoms with van der Waals surface area (Å²) in [5.74, 6) is -5.54. The average Bonchev–Trinajstić information content (AvgIpc) is 3.21. The summed E-state index contributed by atoms with van der Waals surface area (Å²) in [4.78, 5) is 16.5. The van der Waals surface area contributed by atoms with Gasteiger partial charge in [0.05, 0.1) is 18.1 Å². The molecule has 1 unspecified atom stereocenters. The number of rotatable bonds is 4. The van der Waals surface area contributed by atoms with Gasteiger partial charge in [-0.1, -0.05) is 17.7 Å². The first kappa shape index (κ1) is 19.7. The Bertz CT molecular complexity index is 1120. The quantitative estimate of drug-likeness (QED) is 0.442. The fraction of sp³-hybridized carbons (Fsp3) is 0.211. The van der Waals surface area contributed by atoms with Gasteiger partial charge >= 0.3 is 0 Å². The summed E-state index contributed by atoms with van der Waals surface area (Å²) in [5, 5.41) is 13.4. The summed E-state index contributed by atoms with van der Waals surface area (Å²) in [7, 11) is 0. The van der Waals surface area contributed by atoms with Crippen molar-refractivity contribution in [1.82, 2.24) is 15.2 Å². The van der Waals surface area contributed by atoms with Gasteiger partial charge in [-0.15, -0.1) is 0 Å². The number of H-pyrrole nitrogens is 1. The van der Waals surface area contributed by atoms with Crippen LogP contribution >= 0.6 is 11.6 Å². The molecule has 2 heterocycles. The maximum Gasteiger partial charge on any atom is 0.243 e. The number of carbonyl (C=O) groups is 1. The lowest BCUT2D eigenvalue weighted by atomic mass is 10.0. The molecule has 1 aliphatic rings. The van der Waals surface area contributed by atoms with E-state index in [1.165, 1.54) is 12.1 Å². The fourth-order valence-electron chi connectivity index (χ4n) is 3.43. The van der Waals surface area contributed by atoms with Gasteiger partial charge in [0.25, 0.3) is 0 Å². The van der Waals surface area contributed by atoms with Crippen molar-refractivity contribution in [2.45, 2.75) is 25.4 Å². The van der Waals surface area contributed by atoms with E-state index in [1.807, 2.05) is 0 Å². The Balaban J connectivity index is 1.55. The molecule has 0 saturated carbocycles. The molecule has 0 spiro atoms. The summed E-state index contributed by atoms with van der Waals surface area (Å²) < 4.78 is 54.0. The van der Waals surface area contributed by atoms with E-state index in [0.717, 1.165) is 17.0 Å². The van der Waals surface area contributed by atoms with Crippen LogP contribution in [0.5, 0.6) is 0 Å². The number of aromatic nitrogens is 1. The van der Waals surface area contributed by atoms with Crippen LogP contribution in [-0.2, 0) is 17.8 Å². The highest BCUT2D eigenvalue weighted by atomic mass is 35.5. The first-order chi connectivity index (χ1) is 13.8. The number of carbonyl (C=O) groups excluding carboxylic acids is 1. The standard InChI is InChI=1S/C19H14ClF4N3O2/c20-14-11(21)4-2-10-9(6-25-17(10)14)5-13-18(28)27(19(29)26-13)7-8-1-3-12(22)16(24)15(8)23/h1-4,6,13,19,25-26,29H,5,7H2/t13-,19?/m1/s1. The SMILES string of the molecule is O=C1[C@@H](Cc2c[nH]c3c(Cl)c(F)ccc23)NC(O)N1Cc1ccc(F)c(F)c1F. The normalized spacial score (nSPS) is 19.5. The van der Waals surface area contributed by atoms with Gasteiger partial charge in [-0.3, -0.25) is 15.0 Å². The van der Waals surface area contributed by atoms with Gasteiger partial charge in [0.2, 0.25) is 5.91 Å². The maximum atomic E-state index is 13.9. The van der Waals surface area contributed by atoms with E-state index < -0.39 is 48.1 Å². The predicted octanol–water partition coefficient (Wildman–Crippen LogP) is 3.20. The number of hydrogen-bond acceptors (Lipinski definition) is 3. The van der Waals surface area contributed by atoms with E-state index in [4.69, 9.17) is 11.6 Å². The predicted molar refractivity (Wildman–Crippen MR) is 96.8 cm³/mol. The molecule has 0 radical (unpaired) electrons. The molecule has 1 saturated heterocycles. The summed E-state index contributed by atoms with van der Waals surface area (Å²) in [6.07, 6.45) is 0.273. The molecule has 1 aromatic heterocycles. The van der Waals surface area contributed by atoms with Gasteiger partial charge < -0.3 is 10.1 Å². The summed E-state index contributed by atoms with van der Waals surface area (Å²) in [6.45, 7) is -0.447. The minimum absolute atomic E-state index is 0.0741. The van der Waals surface area contributed by atoms with E-state index in [9.17, 15) is 27.5 Å². The third kappa shape index (κ3) is 3.35. The van der Waals surface area contributed by atoms with Crippen molar-refractivity contribution in [3.63, 3.8) is 0 Å². The third-order valence-corrected chi connectivity index (χ3v) is 5.31. The van der Waals surface area contributed by atoms with Gasteiger partial charge in [-0.2, -0.15) is 0 Å². The van der Waals surface area contributed by atoms with E-state index in [0.29, 0.717) is 16.5 Å². The van der Waals surface area contributed by atoms with Gasteiger partial charge in [0.15, 0.2) is 23.8 Å². The van der Waals surface area contributed by atoms with Gasteiger partial charge in [-0.05, 0) is 30.2 Å². The molecular weight excluding hydrogens is 414 g/mol. The fourth-order valence-corrected chi connectivity index (χ4v) is 3.65. The van der Waals surface area contributed by atoms with Crippen LogP contribution < -0.4 is 5.32 Å². The van der Waals surface area contributed by atoms with Crippen molar-refractivity contribution in [1.29, 1.82) is 0 Å². The lowest BCUT2D eigenvalue weighted by Crippen LogP contribution is -2.36. The van der Waals surface area contributed by atoms with Gasteiger partial charge in [0.1, 0.15) is 10.8 Å². The number of nitrogens with zero attached hydrogens (tertiary/aromatic N) is 1. The number of hydrogen-bond donors (Lipinski definition) is 3. The van der Waals surface area contributed by atoms with E-state index >= 15 is 0 Å². The Hall–Kier alpha value is -2.62. The van der Waals surface area contributed by atoms with Crippen molar-refractivity contribution < 1.29 is 27.5 Å². The average molecular weight is 428 g/mol. The van der Waals surface area contributed by atoms with Crippen molar-refractivity contribution in [3.05, 3.63) is 69.9 Å². The minimum atomic E-state index is -1.64. The number of aromatic amines is 1. The van der Waals surface area contributed by atoms with Crippen molar-refractivity contribution >= 4 is 28.4 Å². The summed E-state index contributed by atoms with van der Waals surface area (Å²) in [6, 6.07) is 3.63. The second-order valence-electron chi connectivity index (χ2n) is 6.70. The number of fused-ring (bicyclic) bond motifs is 1. The zero-order chi connectivity index (χ0) is 20.9. The molecule has 3 aromatic rings. The number of amides is 1. The number of aliphatic hydroxyl groups is 1. The second-order valence-corrected chi connectivity index (χ2v) is 7.07. The summed E-state index contributed by atoms with van der Waals surface area (Å²) >= 11 is 5.93. The molecule has 1 fully saturated rings. The molecule has 0 bridgehead atoms. The van der Waals surface area contributed by atoms with Gasteiger partial charge in [-0.25, -0.2) is 17.6 Å². The Morgan fingerprint density at radius 3 is 2.52 bits per heavy atom. The highest BCUT2D eigenvalue weighted by Gasteiger charge is 2.38. The van der Waals surface area contributed by atoms with Gasteiger partial charge in [0, 0.05) is 17.1 Å². The molecular formula is C19H14ClF4N3O2. The van der Waals surface area contributed by atoms with E-state index in [2.05, 4.69) is 10.3 Å². The number of nitrogens with one attached hydrogen (secondary N) is 2. The second kappa shape index (κ2) is 7.33. The van der Waals surface area contributed by atoms with E-state index in [1.54, 1.807) is 6.20 Å². The van der Waals surface area contributed by atoms with Crippen molar-refractivity contribution in [2.24, 2.45) is 0 Å². The lowest BCUT2D eigenvalue weighted by Gasteiger charge is -2.20. The zero-order valence-electron chi connectivity index (χ0n) is 14.6. The third-order valence-electron chi connectivity index (χ3n) is 4.94. The van der Waals surface area contributed by atoms with Crippen LogP contribution in [0.2, 0.25) is 5.02 Å². The van der Waals surface area contributed by atoms with Crippen LogP contribution in [-0.4, -0.2) is 33.3 Å². The Kier molecular flexibility index (Phi) is 4.97. The monoisotopic (exact) mass is 427 g/mol. The first-order valence-electron chi connectivity index (χ1n) is 8.59. The Labute approximate surface area is 166 Å². The molecule has 3 N–H and O–H groups in total. The van der Waals surface area contributed by atoms with Crippen LogP contribution in [0.4, 0.5) is 17.6 Å². The molecule has 4 rings (SSSR count). The molecule has 5 nitrogen and oxygen atoms in total. The zero-order valence-corrected chi connectivity index (χ0v) is 15.4. The van der Waals surface area contributed by atoms with Crippen LogP contribution in [0.15, 0.2) is 30.5 Å². The molecule has 2 atom stereocenters. The molecule has 2 aromatic carbocycles. The van der Waals surface area contributed by atoms with Crippen molar-refractivity contribution in [3.8, 4) is 0 Å². The molecule has 0 aliphatic carbocycles. The summed E-state index contributed by atoms with van der Waals surface area (Å²) in [5.41, 5.74) is 0.766. The molecule has 152 valence electrons.